The van der Waals surface area contributed by atoms with E-state index in [1.807, 2.05) is 19.0 Å². The zero-order valence-corrected chi connectivity index (χ0v) is 17.9. The fraction of sp³-hybridized carbons (Fsp3) is 0.190. The Balaban J connectivity index is 1.81. The van der Waals surface area contributed by atoms with Gasteiger partial charge in [0.1, 0.15) is 5.82 Å². The Morgan fingerprint density at radius 3 is 2.72 bits per heavy atom. The van der Waals surface area contributed by atoms with Crippen LogP contribution in [0.4, 0.5) is 33.6 Å². The Kier molecular flexibility index (Phi) is 7.13. The van der Waals surface area contributed by atoms with Crippen molar-refractivity contribution in [2.45, 2.75) is 0 Å². The molecule has 3 N–H and O–H groups in total. The number of aryl methyl sites for hydroxylation is 1. The number of nitrogens with zero attached hydrogens (tertiary/aromatic N) is 6. The second-order valence-corrected chi connectivity index (χ2v) is 7.09. The van der Waals surface area contributed by atoms with Crippen LogP contribution in [0.5, 0.6) is 0 Å². The average molecular weight is 436 g/mol. The summed E-state index contributed by atoms with van der Waals surface area (Å²) in [4.78, 5) is 35.5. The molecule has 3 rings (SSSR count). The highest BCUT2D eigenvalue weighted by Crippen LogP contribution is 2.27. The van der Waals surface area contributed by atoms with Gasteiger partial charge in [0, 0.05) is 43.8 Å². The molecule has 0 aliphatic rings. The van der Waals surface area contributed by atoms with Crippen molar-refractivity contribution in [3.8, 4) is 0 Å². The van der Waals surface area contributed by atoms with Crippen LogP contribution in [-0.2, 0) is 11.8 Å². The summed E-state index contributed by atoms with van der Waals surface area (Å²) in [6.45, 7) is 0.628. The van der Waals surface area contributed by atoms with Gasteiger partial charge in [-0.15, -0.1) is 0 Å². The van der Waals surface area contributed by atoms with Gasteiger partial charge in [-0.1, -0.05) is 12.1 Å². The number of carbonyl (C=O) groups is 2. The van der Waals surface area contributed by atoms with Crippen molar-refractivity contribution in [1.82, 2.24) is 24.6 Å². The smallest absolute Gasteiger partial charge is 0.417 e. The molecule has 166 valence electrons. The highest BCUT2D eigenvalue weighted by Gasteiger charge is 2.19. The molecule has 0 fully saturated rings. The van der Waals surface area contributed by atoms with E-state index in [9.17, 15) is 14.7 Å². The monoisotopic (exact) mass is 436 g/mol. The van der Waals surface area contributed by atoms with Gasteiger partial charge < -0.3 is 20.6 Å². The maximum atomic E-state index is 12.1. The Morgan fingerprint density at radius 2 is 2.03 bits per heavy atom. The molecule has 1 aromatic carbocycles. The maximum Gasteiger partial charge on any atom is 0.417 e. The van der Waals surface area contributed by atoms with E-state index >= 15 is 0 Å². The molecule has 0 bridgehead atoms. The van der Waals surface area contributed by atoms with Crippen LogP contribution in [0.2, 0.25) is 0 Å². The fourth-order valence-corrected chi connectivity index (χ4v) is 2.77. The number of nitrogens with one attached hydrogen (secondary N) is 2. The van der Waals surface area contributed by atoms with E-state index in [1.165, 1.54) is 18.3 Å². The SMILES string of the molecule is CN(C)C/C=C/C(=O)Nc1cccc(N(C(=O)O)c2ccnc(Nc3cnn(C)c3)n2)c1. The molecule has 11 nitrogen and oxygen atoms in total. The lowest BCUT2D eigenvalue weighted by Gasteiger charge is -2.19. The third kappa shape index (κ3) is 6.12. The first-order valence-electron chi connectivity index (χ1n) is 9.66. The molecule has 0 spiro atoms. The molecule has 11 heteroatoms. The summed E-state index contributed by atoms with van der Waals surface area (Å²) in [6.07, 6.45) is 6.74. The number of aromatic nitrogens is 4. The van der Waals surface area contributed by atoms with Crippen molar-refractivity contribution in [2.24, 2.45) is 7.05 Å². The summed E-state index contributed by atoms with van der Waals surface area (Å²) in [6, 6.07) is 7.99. The first-order valence-corrected chi connectivity index (χ1v) is 9.66. The maximum absolute atomic E-state index is 12.1. The Hall–Kier alpha value is -4.25. The molecule has 0 saturated carbocycles. The van der Waals surface area contributed by atoms with Gasteiger partial charge in [0.25, 0.3) is 0 Å². The van der Waals surface area contributed by atoms with Crippen molar-refractivity contribution in [3.05, 3.63) is 61.1 Å². The van der Waals surface area contributed by atoms with E-state index in [0.717, 1.165) is 4.90 Å². The van der Waals surface area contributed by atoms with E-state index in [1.54, 1.807) is 54.5 Å². The van der Waals surface area contributed by atoms with Crippen LogP contribution in [0, 0.1) is 0 Å². The first kappa shape index (κ1) is 22.4. The van der Waals surface area contributed by atoms with Crippen LogP contribution >= 0.6 is 0 Å². The van der Waals surface area contributed by atoms with Crippen molar-refractivity contribution < 1.29 is 14.7 Å². The van der Waals surface area contributed by atoms with Gasteiger partial charge in [0.15, 0.2) is 0 Å². The van der Waals surface area contributed by atoms with Crippen molar-refractivity contribution in [1.29, 1.82) is 0 Å². The minimum Gasteiger partial charge on any atom is -0.464 e. The van der Waals surface area contributed by atoms with Gasteiger partial charge >= 0.3 is 6.09 Å². The van der Waals surface area contributed by atoms with Crippen LogP contribution in [0.3, 0.4) is 0 Å². The lowest BCUT2D eigenvalue weighted by molar-refractivity contribution is -0.111. The summed E-state index contributed by atoms with van der Waals surface area (Å²) < 4.78 is 1.62. The minimum atomic E-state index is -1.23. The second kappa shape index (κ2) is 10.2. The Bertz CT molecular complexity index is 1130. The normalized spacial score (nSPS) is 11.0. The molecular formula is C21H24N8O3. The summed E-state index contributed by atoms with van der Waals surface area (Å²) in [5.74, 6) is 0.0568. The van der Waals surface area contributed by atoms with E-state index in [4.69, 9.17) is 0 Å². The standard InChI is InChI=1S/C21H24N8O3/c1-27(2)11-5-8-19(30)24-15-6-4-7-17(12-15)29(21(31)32)18-9-10-22-20(26-18)25-16-13-23-28(3)14-16/h4-10,12-14H,11H2,1-3H3,(H,24,30)(H,31,32)(H,22,25,26)/b8-5+. The van der Waals surface area contributed by atoms with Gasteiger partial charge in [-0.2, -0.15) is 10.1 Å². The molecule has 0 atom stereocenters. The minimum absolute atomic E-state index is 0.147. The number of carbonyl (C=O) groups excluding carboxylic acids is 1. The molecule has 2 amide bonds. The molecule has 0 aliphatic heterocycles. The molecule has 2 heterocycles. The van der Waals surface area contributed by atoms with Gasteiger partial charge in [-0.05, 0) is 32.3 Å². The quantitative estimate of drug-likeness (QED) is 0.460. The average Bonchev–Trinajstić information content (AvgIpc) is 3.12. The summed E-state index contributed by atoms with van der Waals surface area (Å²) in [7, 11) is 5.58. The van der Waals surface area contributed by atoms with Crippen LogP contribution in [0.1, 0.15) is 0 Å². The van der Waals surface area contributed by atoms with Gasteiger partial charge in [0.05, 0.1) is 17.6 Å². The molecule has 2 aromatic heterocycles. The van der Waals surface area contributed by atoms with Gasteiger partial charge in [0.2, 0.25) is 11.9 Å². The summed E-state index contributed by atoms with van der Waals surface area (Å²) in [5, 5.41) is 19.6. The zero-order valence-electron chi connectivity index (χ0n) is 17.9. The number of carboxylic acid groups (broad SMARTS) is 1. The van der Waals surface area contributed by atoms with Gasteiger partial charge in [-0.3, -0.25) is 9.48 Å². The lowest BCUT2D eigenvalue weighted by Crippen LogP contribution is -2.25. The van der Waals surface area contributed by atoms with Crippen molar-refractivity contribution >= 4 is 40.8 Å². The molecule has 3 aromatic rings. The van der Waals surface area contributed by atoms with Crippen LogP contribution in [-0.4, -0.2) is 62.4 Å². The molecule has 0 unspecified atom stereocenters. The van der Waals surface area contributed by atoms with E-state index in [-0.39, 0.29) is 17.7 Å². The predicted octanol–water partition coefficient (Wildman–Crippen LogP) is 2.83. The summed E-state index contributed by atoms with van der Waals surface area (Å²) in [5.41, 5.74) is 1.44. The fourth-order valence-electron chi connectivity index (χ4n) is 2.77. The number of hydrogen-bond acceptors (Lipinski definition) is 7. The summed E-state index contributed by atoms with van der Waals surface area (Å²) >= 11 is 0. The molecule has 0 radical (unpaired) electrons. The third-order valence-corrected chi connectivity index (χ3v) is 4.13. The molecular weight excluding hydrogens is 412 g/mol. The zero-order chi connectivity index (χ0) is 23.1. The third-order valence-electron chi connectivity index (χ3n) is 4.13. The Morgan fingerprint density at radius 1 is 1.22 bits per heavy atom. The lowest BCUT2D eigenvalue weighted by atomic mass is 10.2. The van der Waals surface area contributed by atoms with Crippen LogP contribution in [0.25, 0.3) is 0 Å². The molecule has 0 saturated heterocycles. The number of likely N-dealkylation sites (N-methyl/N-ethyl adjacent to an activating group) is 1. The van der Waals surface area contributed by atoms with E-state index < -0.39 is 6.09 Å². The highest BCUT2D eigenvalue weighted by atomic mass is 16.4. The second-order valence-electron chi connectivity index (χ2n) is 7.09. The number of anilines is 5. The topological polar surface area (TPSA) is 129 Å². The predicted molar refractivity (Wildman–Crippen MR) is 121 cm³/mol. The number of benzene rings is 1. The van der Waals surface area contributed by atoms with E-state index in [0.29, 0.717) is 23.6 Å². The van der Waals surface area contributed by atoms with Gasteiger partial charge in [-0.25, -0.2) is 14.7 Å². The first-order chi connectivity index (χ1) is 15.3. The number of rotatable bonds is 8. The number of hydrogen-bond donors (Lipinski definition) is 3. The molecule has 0 aliphatic carbocycles. The van der Waals surface area contributed by atoms with Crippen molar-refractivity contribution in [2.75, 3.05) is 36.2 Å². The highest BCUT2D eigenvalue weighted by molar-refractivity contribution is 6.00. The number of amides is 2. The van der Waals surface area contributed by atoms with E-state index in [2.05, 4.69) is 25.7 Å². The van der Waals surface area contributed by atoms with Crippen molar-refractivity contribution in [3.63, 3.8) is 0 Å². The van der Waals surface area contributed by atoms with Crippen LogP contribution < -0.4 is 15.5 Å². The van der Waals surface area contributed by atoms with Crippen LogP contribution in [0.15, 0.2) is 61.1 Å². The molecule has 32 heavy (non-hydrogen) atoms. The Labute approximate surface area is 185 Å². The largest absolute Gasteiger partial charge is 0.464 e.